The summed E-state index contributed by atoms with van der Waals surface area (Å²) in [6.45, 7) is 14.1. The Morgan fingerprint density at radius 3 is 1.43 bits per heavy atom. The van der Waals surface area contributed by atoms with E-state index in [0.717, 1.165) is 0 Å². The van der Waals surface area contributed by atoms with E-state index in [1.165, 1.54) is 33.4 Å². The predicted molar refractivity (Wildman–Crippen MR) is 146 cm³/mol. The minimum atomic E-state index is -1.84. The number of rotatable bonds is 6. The Bertz CT molecular complexity index is 971. The Hall–Kier alpha value is -2.01. The molecule has 1 aliphatic rings. The molecule has 2 aromatic carbocycles. The summed E-state index contributed by atoms with van der Waals surface area (Å²) < 4.78 is 0. The van der Waals surface area contributed by atoms with Crippen LogP contribution in [0.3, 0.4) is 0 Å². The third kappa shape index (κ3) is 10.6. The number of hydrogen-bond acceptors (Lipinski definition) is 3. The smallest absolute Gasteiger partial charge is 0.223 e. The van der Waals surface area contributed by atoms with Crippen molar-refractivity contribution in [3.63, 3.8) is 0 Å². The number of aliphatic hydroxyl groups is 2. The summed E-state index contributed by atoms with van der Waals surface area (Å²) in [5.74, 6) is -1.72. The van der Waals surface area contributed by atoms with E-state index in [1.807, 2.05) is 57.2 Å². The van der Waals surface area contributed by atoms with Crippen molar-refractivity contribution >= 4 is 12.2 Å². The molecule has 0 spiro atoms. The van der Waals surface area contributed by atoms with Crippen LogP contribution in [0.4, 0.5) is 0 Å². The van der Waals surface area contributed by atoms with Crippen LogP contribution >= 0.6 is 0 Å². The van der Waals surface area contributed by atoms with Gasteiger partial charge >= 0.3 is 0 Å². The Balaban J connectivity index is 0.000000342. The van der Waals surface area contributed by atoms with Gasteiger partial charge in [-0.2, -0.15) is 0 Å². The van der Waals surface area contributed by atoms with Crippen LogP contribution in [-0.4, -0.2) is 21.7 Å². The van der Waals surface area contributed by atoms with E-state index in [4.69, 9.17) is 0 Å². The van der Waals surface area contributed by atoms with Gasteiger partial charge < -0.3 is 10.2 Å². The van der Waals surface area contributed by atoms with Crippen LogP contribution in [0, 0.1) is 5.92 Å². The van der Waals surface area contributed by atoms with Gasteiger partial charge in [-0.3, -0.25) is 5.32 Å². The molecule has 0 heterocycles. The van der Waals surface area contributed by atoms with Gasteiger partial charge in [0.1, 0.15) is 0 Å². The van der Waals surface area contributed by atoms with E-state index in [1.54, 1.807) is 0 Å². The van der Waals surface area contributed by atoms with Crippen molar-refractivity contribution in [3.05, 3.63) is 106 Å². The maximum atomic E-state index is 10.1. The number of allylic oxidation sites excluding steroid dienone is 6. The Kier molecular flexibility index (Phi) is 12.3. The second kappa shape index (κ2) is 13.9. The van der Waals surface area contributed by atoms with Gasteiger partial charge in [-0.05, 0) is 70.7 Å². The maximum absolute atomic E-state index is 10.1. The molecule has 0 saturated heterocycles. The Labute approximate surface area is 227 Å². The first kappa shape index (κ1) is 31.0. The fourth-order valence-corrected chi connectivity index (χ4v) is 4.14. The van der Waals surface area contributed by atoms with Crippen LogP contribution in [0.2, 0.25) is 0 Å². The second-order valence-electron chi connectivity index (χ2n) is 10.1. The number of hydrogen-bond donors (Lipinski definition) is 3. The Morgan fingerprint density at radius 2 is 1.09 bits per heavy atom. The molecule has 0 aliphatic heterocycles. The molecule has 2 aromatic rings. The molecule has 3 rings (SSSR count). The average Bonchev–Trinajstić information content (AvgIpc) is 2.95. The molecule has 0 amide bonds. The topological polar surface area (TPSA) is 52.5 Å². The summed E-state index contributed by atoms with van der Waals surface area (Å²) in [4.78, 5) is 0. The zero-order chi connectivity index (χ0) is 25.4. The summed E-state index contributed by atoms with van der Waals surface area (Å²) in [5.41, 5.74) is 7.16. The van der Waals surface area contributed by atoms with Gasteiger partial charge in [-0.1, -0.05) is 96.1 Å². The molecule has 0 atom stereocenters. The van der Waals surface area contributed by atoms with Crippen LogP contribution in [0.5, 0.6) is 0 Å². The molecule has 3 nitrogen and oxygen atoms in total. The summed E-state index contributed by atoms with van der Waals surface area (Å²) in [7, 11) is 0. The minimum absolute atomic E-state index is 0. The maximum Gasteiger partial charge on any atom is 0.223 e. The van der Waals surface area contributed by atoms with Gasteiger partial charge in [0.15, 0.2) is 0 Å². The van der Waals surface area contributed by atoms with E-state index >= 15 is 0 Å². The molecule has 0 saturated carbocycles. The van der Waals surface area contributed by atoms with Crippen LogP contribution in [0.15, 0.2) is 95.1 Å². The first-order chi connectivity index (χ1) is 15.9. The van der Waals surface area contributed by atoms with Crippen molar-refractivity contribution in [1.82, 2.24) is 5.32 Å². The first-order valence-corrected chi connectivity index (χ1v) is 11.9. The zero-order valence-corrected chi connectivity index (χ0v) is 23.8. The van der Waals surface area contributed by atoms with Crippen LogP contribution < -0.4 is 5.32 Å². The van der Waals surface area contributed by atoms with Crippen LogP contribution in [0.1, 0.15) is 66.0 Å². The third-order valence-corrected chi connectivity index (χ3v) is 6.14. The van der Waals surface area contributed by atoms with Crippen molar-refractivity contribution in [2.75, 3.05) is 0 Å². The molecule has 0 radical (unpaired) electrons. The molecule has 0 aromatic heterocycles. The van der Waals surface area contributed by atoms with Crippen molar-refractivity contribution < 1.29 is 31.9 Å². The quantitative estimate of drug-likeness (QED) is 0.222. The van der Waals surface area contributed by atoms with Gasteiger partial charge in [0.2, 0.25) is 5.91 Å². The van der Waals surface area contributed by atoms with Crippen molar-refractivity contribution in [1.29, 1.82) is 0 Å². The third-order valence-electron chi connectivity index (χ3n) is 6.14. The Morgan fingerprint density at radius 1 is 0.714 bits per heavy atom. The molecule has 0 fully saturated rings. The molecule has 3 N–H and O–H groups in total. The van der Waals surface area contributed by atoms with Gasteiger partial charge in [0.25, 0.3) is 0 Å². The van der Waals surface area contributed by atoms with E-state index < -0.39 is 5.91 Å². The molecule has 1 aliphatic carbocycles. The normalized spacial score (nSPS) is 15.0. The summed E-state index contributed by atoms with van der Waals surface area (Å²) in [6.07, 6.45) is 8.60. The number of benzene rings is 2. The molecule has 186 valence electrons. The molecule has 4 heteroatoms. The average molecular weight is 508 g/mol. The van der Waals surface area contributed by atoms with Crippen molar-refractivity contribution in [2.24, 2.45) is 5.92 Å². The fourth-order valence-electron chi connectivity index (χ4n) is 4.14. The van der Waals surface area contributed by atoms with Gasteiger partial charge in [-0.15, -0.1) is 0 Å². The predicted octanol–water partition coefficient (Wildman–Crippen LogP) is 7.12. The molecular weight excluding hydrogens is 466 g/mol. The molecule has 0 unspecified atom stereocenters. The van der Waals surface area contributed by atoms with Crippen molar-refractivity contribution in [2.45, 2.75) is 66.3 Å². The van der Waals surface area contributed by atoms with E-state index in [-0.39, 0.29) is 39.6 Å². The molecule has 35 heavy (non-hydrogen) atoms. The zero-order valence-electron chi connectivity index (χ0n) is 22.3. The van der Waals surface area contributed by atoms with Gasteiger partial charge in [0.05, 0.1) is 0 Å². The van der Waals surface area contributed by atoms with Crippen LogP contribution in [0.25, 0.3) is 12.2 Å². The van der Waals surface area contributed by atoms with Crippen LogP contribution in [-0.2, 0) is 21.7 Å². The van der Waals surface area contributed by atoms with E-state index in [2.05, 4.69) is 81.6 Å². The van der Waals surface area contributed by atoms with Gasteiger partial charge in [0, 0.05) is 39.6 Å². The molecular formula is C31H41NO2Ti. The largest absolute Gasteiger partial charge is 0.353 e. The fraction of sp³-hybridized carbons (Fsp3) is 0.355. The monoisotopic (exact) mass is 507 g/mol. The van der Waals surface area contributed by atoms with E-state index in [9.17, 15) is 10.2 Å². The SMILES string of the molecule is C(C=Cc1ccccc1)=Cc1ccccc1.CC1=C(C)C(CC(O)(O)NC(C)(C)C)C(C)=C1C.[Ti]. The minimum Gasteiger partial charge on any atom is -0.353 e. The van der Waals surface area contributed by atoms with Gasteiger partial charge in [-0.25, -0.2) is 0 Å². The summed E-state index contributed by atoms with van der Waals surface area (Å²) >= 11 is 0. The first-order valence-electron chi connectivity index (χ1n) is 11.9. The second-order valence-corrected chi connectivity index (χ2v) is 10.1. The van der Waals surface area contributed by atoms with E-state index in [0.29, 0.717) is 0 Å². The molecule has 0 bridgehead atoms. The van der Waals surface area contributed by atoms with Crippen molar-refractivity contribution in [3.8, 4) is 0 Å². The number of nitrogens with one attached hydrogen (secondary N) is 1. The summed E-state index contributed by atoms with van der Waals surface area (Å²) in [6, 6.07) is 20.6. The standard InChI is InChI=1S/C16H14.C15H27NO2.Ti/c1-3-9-15(10-4-1)13-7-8-14-16-11-5-2-6-12-16;1-9-10(2)12(4)13(11(9)3)8-15(17,18)16-14(5,6)7;/h1-14H;13,16-18H,8H2,1-7H3;. The summed E-state index contributed by atoms with van der Waals surface area (Å²) in [5, 5.41) is 23.1.